The van der Waals surface area contributed by atoms with Gasteiger partial charge in [-0.3, -0.25) is 5.01 Å². The Kier molecular flexibility index (Phi) is 2.45. The van der Waals surface area contributed by atoms with E-state index in [2.05, 4.69) is 4.74 Å². The van der Waals surface area contributed by atoms with E-state index >= 15 is 0 Å². The zero-order valence-electron chi connectivity index (χ0n) is 7.91. The lowest BCUT2D eigenvalue weighted by atomic mass is 10.4. The first-order chi connectivity index (χ1) is 7.27. The van der Waals surface area contributed by atoms with Gasteiger partial charge in [-0.2, -0.15) is 0 Å². The highest BCUT2D eigenvalue weighted by molar-refractivity contribution is 5.58. The first-order valence-corrected chi connectivity index (χ1v) is 4.46. The molecule has 2 heterocycles. The SMILES string of the molecule is O=C(O)OC1=CC=CN2CC=CC=CN12. The normalized spacial score (nSPS) is 18.3. The molecule has 0 unspecified atom stereocenters. The smallest absolute Gasteiger partial charge is 0.449 e. The van der Waals surface area contributed by atoms with Crippen molar-refractivity contribution in [3.8, 4) is 0 Å². The number of rotatable bonds is 1. The number of ether oxygens (including phenoxy) is 1. The average Bonchev–Trinajstić information content (AvgIpc) is 2.42. The summed E-state index contributed by atoms with van der Waals surface area (Å²) in [6.07, 6.45) is 11.3. The van der Waals surface area contributed by atoms with E-state index in [-0.39, 0.29) is 5.88 Å². The monoisotopic (exact) mass is 206 g/mol. The van der Waals surface area contributed by atoms with E-state index < -0.39 is 6.16 Å². The van der Waals surface area contributed by atoms with E-state index in [1.54, 1.807) is 23.4 Å². The molecule has 78 valence electrons. The van der Waals surface area contributed by atoms with Crippen LogP contribution in [0.3, 0.4) is 0 Å². The number of hydrazine groups is 1. The number of carbonyl (C=O) groups is 1. The third-order valence-electron chi connectivity index (χ3n) is 1.96. The summed E-state index contributed by atoms with van der Waals surface area (Å²) in [7, 11) is 0. The van der Waals surface area contributed by atoms with Gasteiger partial charge in [0.05, 0.1) is 6.54 Å². The molecule has 15 heavy (non-hydrogen) atoms. The summed E-state index contributed by atoms with van der Waals surface area (Å²) in [5, 5.41) is 12.0. The third-order valence-corrected chi connectivity index (χ3v) is 1.96. The molecule has 0 saturated heterocycles. The van der Waals surface area contributed by atoms with Gasteiger partial charge in [-0.25, -0.2) is 9.80 Å². The highest BCUT2D eigenvalue weighted by Crippen LogP contribution is 2.18. The molecule has 5 heteroatoms. The van der Waals surface area contributed by atoms with E-state index in [1.807, 2.05) is 29.4 Å². The number of nitrogens with zero attached hydrogens (tertiary/aromatic N) is 2. The van der Waals surface area contributed by atoms with E-state index in [4.69, 9.17) is 5.11 Å². The lowest BCUT2D eigenvalue weighted by molar-refractivity contribution is 0.0325. The van der Waals surface area contributed by atoms with Crippen LogP contribution >= 0.6 is 0 Å². The number of hydrogen-bond donors (Lipinski definition) is 1. The molecule has 1 N–H and O–H groups in total. The molecule has 2 aliphatic rings. The Labute approximate surface area is 86.8 Å². The molecule has 0 fully saturated rings. The Balaban J connectivity index is 2.21. The van der Waals surface area contributed by atoms with E-state index in [1.165, 1.54) is 0 Å². The molecule has 0 amide bonds. The van der Waals surface area contributed by atoms with Crippen molar-refractivity contribution in [3.63, 3.8) is 0 Å². The second-order valence-electron chi connectivity index (χ2n) is 2.95. The van der Waals surface area contributed by atoms with Gasteiger partial charge in [0.2, 0.25) is 5.88 Å². The summed E-state index contributed by atoms with van der Waals surface area (Å²) in [6.45, 7) is 0.670. The Morgan fingerprint density at radius 2 is 2.20 bits per heavy atom. The van der Waals surface area contributed by atoms with Crippen LogP contribution in [0.2, 0.25) is 0 Å². The molecular weight excluding hydrogens is 196 g/mol. The van der Waals surface area contributed by atoms with Crippen molar-refractivity contribution in [1.82, 2.24) is 10.0 Å². The highest BCUT2D eigenvalue weighted by Gasteiger charge is 2.19. The summed E-state index contributed by atoms with van der Waals surface area (Å²) in [6, 6.07) is 0. The first kappa shape index (κ1) is 9.39. The van der Waals surface area contributed by atoms with Crippen LogP contribution in [0.5, 0.6) is 0 Å². The molecule has 0 atom stereocenters. The molecule has 0 saturated carbocycles. The molecule has 2 aliphatic heterocycles. The molecule has 0 spiro atoms. The highest BCUT2D eigenvalue weighted by atomic mass is 16.7. The van der Waals surface area contributed by atoms with Crippen molar-refractivity contribution in [1.29, 1.82) is 0 Å². The Morgan fingerprint density at radius 3 is 3.00 bits per heavy atom. The van der Waals surface area contributed by atoms with Gasteiger partial charge in [0.15, 0.2) is 0 Å². The van der Waals surface area contributed by atoms with Gasteiger partial charge in [-0.15, -0.1) is 0 Å². The van der Waals surface area contributed by atoms with E-state index in [0.717, 1.165) is 0 Å². The van der Waals surface area contributed by atoms with Crippen molar-refractivity contribution >= 4 is 6.16 Å². The van der Waals surface area contributed by atoms with Gasteiger partial charge < -0.3 is 9.84 Å². The lowest BCUT2D eigenvalue weighted by Gasteiger charge is -2.33. The van der Waals surface area contributed by atoms with Gasteiger partial charge in [-0.05, 0) is 12.2 Å². The number of hydrogen-bond acceptors (Lipinski definition) is 4. The maximum atomic E-state index is 10.5. The van der Waals surface area contributed by atoms with Gasteiger partial charge in [0, 0.05) is 18.5 Å². The molecule has 2 rings (SSSR count). The van der Waals surface area contributed by atoms with Crippen LogP contribution in [0, 0.1) is 0 Å². The fourth-order valence-electron chi connectivity index (χ4n) is 1.36. The fraction of sp³-hybridized carbons (Fsp3) is 0.100. The average molecular weight is 206 g/mol. The molecule has 0 aromatic heterocycles. The summed E-state index contributed by atoms with van der Waals surface area (Å²) in [4.78, 5) is 10.5. The standard InChI is InChI=1S/C10H10N2O3/c13-10(14)15-9-5-4-7-11-6-2-1-3-8-12(9)11/h1-5,7-8H,6H2,(H,13,14). The van der Waals surface area contributed by atoms with Crippen molar-refractivity contribution in [2.24, 2.45) is 0 Å². The predicted octanol–water partition coefficient (Wildman–Crippen LogP) is 1.65. The summed E-state index contributed by atoms with van der Waals surface area (Å²) < 4.78 is 4.65. The number of allylic oxidation sites excluding steroid dienone is 4. The van der Waals surface area contributed by atoms with Crippen LogP contribution < -0.4 is 0 Å². The second kappa shape index (κ2) is 3.91. The van der Waals surface area contributed by atoms with Gasteiger partial charge in [0.1, 0.15) is 0 Å². The molecule has 0 aromatic rings. The van der Waals surface area contributed by atoms with Crippen LogP contribution in [0.1, 0.15) is 0 Å². The zero-order valence-corrected chi connectivity index (χ0v) is 7.91. The van der Waals surface area contributed by atoms with Crippen molar-refractivity contribution in [3.05, 3.63) is 48.7 Å². The Hall–Kier alpha value is -2.17. The third kappa shape index (κ3) is 2.01. The zero-order chi connectivity index (χ0) is 10.7. The Morgan fingerprint density at radius 1 is 1.33 bits per heavy atom. The predicted molar refractivity (Wildman–Crippen MR) is 53.2 cm³/mol. The largest absolute Gasteiger partial charge is 0.512 e. The second-order valence-corrected chi connectivity index (χ2v) is 2.95. The summed E-state index contributed by atoms with van der Waals surface area (Å²) in [5.41, 5.74) is 0. The fourth-order valence-corrected chi connectivity index (χ4v) is 1.36. The molecule has 0 bridgehead atoms. The van der Waals surface area contributed by atoms with Crippen molar-refractivity contribution < 1.29 is 14.6 Å². The topological polar surface area (TPSA) is 53.0 Å². The van der Waals surface area contributed by atoms with Crippen molar-refractivity contribution in [2.45, 2.75) is 0 Å². The maximum absolute atomic E-state index is 10.5. The molecule has 0 radical (unpaired) electrons. The van der Waals surface area contributed by atoms with Gasteiger partial charge >= 0.3 is 6.16 Å². The number of carboxylic acid groups (broad SMARTS) is 1. The minimum Gasteiger partial charge on any atom is -0.449 e. The lowest BCUT2D eigenvalue weighted by Crippen LogP contribution is -2.36. The minimum atomic E-state index is -1.32. The van der Waals surface area contributed by atoms with Crippen LogP contribution in [-0.4, -0.2) is 27.8 Å². The molecular formula is C10H10N2O3. The van der Waals surface area contributed by atoms with Gasteiger partial charge in [-0.1, -0.05) is 12.2 Å². The van der Waals surface area contributed by atoms with Crippen molar-refractivity contribution in [2.75, 3.05) is 6.54 Å². The first-order valence-electron chi connectivity index (χ1n) is 4.46. The minimum absolute atomic E-state index is 0.268. The van der Waals surface area contributed by atoms with Crippen LogP contribution in [0.15, 0.2) is 48.7 Å². The number of fused-ring (bicyclic) bond motifs is 1. The molecule has 5 nitrogen and oxygen atoms in total. The van der Waals surface area contributed by atoms with Crippen LogP contribution in [-0.2, 0) is 4.74 Å². The van der Waals surface area contributed by atoms with Gasteiger partial charge in [0.25, 0.3) is 0 Å². The van der Waals surface area contributed by atoms with Crippen LogP contribution in [0.25, 0.3) is 0 Å². The molecule has 0 aromatic carbocycles. The Bertz CT molecular complexity index is 382. The summed E-state index contributed by atoms with van der Waals surface area (Å²) in [5.74, 6) is 0.268. The quantitative estimate of drug-likeness (QED) is 0.661. The summed E-state index contributed by atoms with van der Waals surface area (Å²) >= 11 is 0. The van der Waals surface area contributed by atoms with E-state index in [0.29, 0.717) is 6.54 Å². The maximum Gasteiger partial charge on any atom is 0.512 e. The van der Waals surface area contributed by atoms with E-state index in [9.17, 15) is 4.79 Å². The van der Waals surface area contributed by atoms with Crippen LogP contribution in [0.4, 0.5) is 4.79 Å². The molecule has 0 aliphatic carbocycles.